The van der Waals surface area contributed by atoms with E-state index in [-0.39, 0.29) is 6.03 Å². The molecule has 0 saturated heterocycles. The number of urea groups is 1. The highest BCUT2D eigenvalue weighted by molar-refractivity contribution is 5.78. The maximum atomic E-state index is 11.1. The molecule has 7 heteroatoms. The van der Waals surface area contributed by atoms with Crippen LogP contribution in [0.25, 0.3) is 0 Å². The van der Waals surface area contributed by atoms with E-state index in [1.807, 2.05) is 0 Å². The van der Waals surface area contributed by atoms with Gasteiger partial charge in [-0.25, -0.2) is 9.59 Å². The van der Waals surface area contributed by atoms with Gasteiger partial charge >= 0.3 is 12.1 Å². The predicted octanol–water partition coefficient (Wildman–Crippen LogP) is 2.08. The molecule has 0 bridgehead atoms. The van der Waals surface area contributed by atoms with Crippen LogP contribution < -0.4 is 10.6 Å². The number of hydrogen-bond donors (Lipinski definition) is 2. The number of carbonyl (C=O) groups excluding carboxylic acids is 2. The van der Waals surface area contributed by atoms with Gasteiger partial charge in [0, 0.05) is 27.2 Å². The Bertz CT molecular complexity index is 362. The standard InChI is InChI=1S/C10H20N2O.C5H10N2O2/c1-7-5-4-6-8(2)9(7)12-10(13)11-3;1-7(2)4-6-5(8)9-3/h7-9H,4-6H2,1-3H3,(H2,11,12,13);4H,1-3H3. The van der Waals surface area contributed by atoms with Crippen LogP contribution in [0.5, 0.6) is 0 Å². The Labute approximate surface area is 133 Å². The molecule has 1 fully saturated rings. The molecule has 0 aromatic heterocycles. The van der Waals surface area contributed by atoms with E-state index in [4.69, 9.17) is 0 Å². The van der Waals surface area contributed by atoms with Gasteiger partial charge < -0.3 is 20.3 Å². The van der Waals surface area contributed by atoms with E-state index < -0.39 is 6.09 Å². The van der Waals surface area contributed by atoms with Crippen LogP contribution in [0.2, 0.25) is 0 Å². The topological polar surface area (TPSA) is 83.0 Å². The zero-order chi connectivity index (χ0) is 17.1. The van der Waals surface area contributed by atoms with E-state index in [0.717, 1.165) is 0 Å². The molecule has 1 rings (SSSR count). The number of ether oxygens (including phenoxy) is 1. The van der Waals surface area contributed by atoms with Crippen molar-refractivity contribution in [1.82, 2.24) is 15.5 Å². The molecule has 0 aromatic carbocycles. The normalized spacial score (nSPS) is 24.0. The van der Waals surface area contributed by atoms with Gasteiger partial charge in [-0.1, -0.05) is 20.3 Å². The molecule has 0 aromatic rings. The summed E-state index contributed by atoms with van der Waals surface area (Å²) in [5.74, 6) is 1.22. The van der Waals surface area contributed by atoms with Gasteiger partial charge in [0.05, 0.1) is 13.4 Å². The second-order valence-electron chi connectivity index (χ2n) is 5.81. The summed E-state index contributed by atoms with van der Waals surface area (Å²) in [6, 6.07) is 0.305. The Balaban J connectivity index is 0.000000433. The fourth-order valence-corrected chi connectivity index (χ4v) is 2.41. The van der Waals surface area contributed by atoms with Gasteiger partial charge in [0.25, 0.3) is 0 Å². The van der Waals surface area contributed by atoms with Gasteiger partial charge in [0.15, 0.2) is 0 Å². The third-order valence-corrected chi connectivity index (χ3v) is 3.64. The van der Waals surface area contributed by atoms with Gasteiger partial charge in [-0.2, -0.15) is 4.99 Å². The van der Waals surface area contributed by atoms with Crippen molar-refractivity contribution in [2.24, 2.45) is 16.8 Å². The van der Waals surface area contributed by atoms with Crippen molar-refractivity contribution in [1.29, 1.82) is 0 Å². The first kappa shape index (κ1) is 20.2. The minimum absolute atomic E-state index is 0.0504. The summed E-state index contributed by atoms with van der Waals surface area (Å²) in [6.07, 6.45) is 4.57. The predicted molar refractivity (Wildman–Crippen MR) is 88.1 cm³/mol. The van der Waals surface area contributed by atoms with Gasteiger partial charge in [-0.3, -0.25) is 0 Å². The lowest BCUT2D eigenvalue weighted by molar-refractivity contribution is 0.182. The summed E-state index contributed by atoms with van der Waals surface area (Å²) in [6.45, 7) is 4.44. The van der Waals surface area contributed by atoms with Crippen molar-refractivity contribution in [2.45, 2.75) is 39.2 Å². The van der Waals surface area contributed by atoms with Gasteiger partial charge in [0.2, 0.25) is 0 Å². The quantitative estimate of drug-likeness (QED) is 0.604. The smallest absolute Gasteiger partial charge is 0.434 e. The lowest BCUT2D eigenvalue weighted by atomic mass is 9.79. The zero-order valence-corrected chi connectivity index (χ0v) is 14.5. The largest absolute Gasteiger partial charge is 0.451 e. The van der Waals surface area contributed by atoms with Crippen LogP contribution in [0, 0.1) is 11.8 Å². The number of nitrogens with one attached hydrogen (secondary N) is 2. The molecular formula is C15H30N4O3. The number of nitrogens with zero attached hydrogens (tertiary/aromatic N) is 2. The van der Waals surface area contributed by atoms with Crippen LogP contribution >= 0.6 is 0 Å². The molecule has 128 valence electrons. The minimum atomic E-state index is -0.580. The van der Waals surface area contributed by atoms with Crippen LogP contribution in [0.4, 0.5) is 9.59 Å². The fraction of sp³-hybridized carbons (Fsp3) is 0.800. The van der Waals surface area contributed by atoms with Gasteiger partial charge in [-0.05, 0) is 24.7 Å². The van der Waals surface area contributed by atoms with Crippen molar-refractivity contribution >= 4 is 18.5 Å². The van der Waals surface area contributed by atoms with E-state index >= 15 is 0 Å². The molecule has 3 amide bonds. The van der Waals surface area contributed by atoms with Gasteiger partial charge in [0.1, 0.15) is 0 Å². The highest BCUT2D eigenvalue weighted by Gasteiger charge is 2.28. The molecule has 7 nitrogen and oxygen atoms in total. The van der Waals surface area contributed by atoms with Crippen molar-refractivity contribution in [3.8, 4) is 0 Å². The summed E-state index contributed by atoms with van der Waals surface area (Å²) in [4.78, 5) is 26.5. The van der Waals surface area contributed by atoms with E-state index in [9.17, 15) is 9.59 Å². The SMILES string of the molecule is CNC(=O)NC1C(C)CCCC1C.COC(=O)N=CN(C)C. The number of hydrogen-bond acceptors (Lipinski definition) is 3. The third kappa shape index (κ3) is 8.49. The minimum Gasteiger partial charge on any atom is -0.451 e. The van der Waals surface area contributed by atoms with Crippen molar-refractivity contribution < 1.29 is 14.3 Å². The lowest BCUT2D eigenvalue weighted by Crippen LogP contribution is -2.48. The van der Waals surface area contributed by atoms with Crippen molar-refractivity contribution in [3.05, 3.63) is 0 Å². The molecule has 2 N–H and O–H groups in total. The molecule has 0 aliphatic heterocycles. The number of methoxy groups -OCH3 is 1. The highest BCUT2D eigenvalue weighted by atomic mass is 16.5. The summed E-state index contributed by atoms with van der Waals surface area (Å²) >= 11 is 0. The van der Waals surface area contributed by atoms with Crippen LogP contribution in [-0.2, 0) is 4.74 Å². The Morgan fingerprint density at radius 3 is 2.18 bits per heavy atom. The summed E-state index contributed by atoms with van der Waals surface area (Å²) in [7, 11) is 6.49. The number of amides is 3. The molecule has 2 unspecified atom stereocenters. The Morgan fingerprint density at radius 2 is 1.77 bits per heavy atom. The first-order valence-electron chi connectivity index (χ1n) is 7.58. The molecule has 0 radical (unpaired) electrons. The molecule has 0 spiro atoms. The van der Waals surface area contributed by atoms with Crippen LogP contribution in [0.15, 0.2) is 4.99 Å². The molecule has 2 atom stereocenters. The molecule has 22 heavy (non-hydrogen) atoms. The molecule has 1 aliphatic carbocycles. The first-order chi connectivity index (χ1) is 10.3. The van der Waals surface area contributed by atoms with Gasteiger partial charge in [-0.15, -0.1) is 0 Å². The van der Waals surface area contributed by atoms with E-state index in [2.05, 4.69) is 34.2 Å². The lowest BCUT2D eigenvalue weighted by Gasteiger charge is -2.34. The Kier molecular flexibility index (Phi) is 9.98. The third-order valence-electron chi connectivity index (χ3n) is 3.64. The summed E-state index contributed by atoms with van der Waals surface area (Å²) < 4.78 is 4.24. The number of rotatable bonds is 2. The molecule has 1 aliphatic rings. The van der Waals surface area contributed by atoms with Crippen LogP contribution in [-0.4, -0.2) is 57.7 Å². The summed E-state index contributed by atoms with van der Waals surface area (Å²) in [5.41, 5.74) is 0. The van der Waals surface area contributed by atoms with Crippen LogP contribution in [0.3, 0.4) is 0 Å². The average Bonchev–Trinajstić information content (AvgIpc) is 2.49. The number of carbonyl (C=O) groups is 2. The van der Waals surface area contributed by atoms with E-state index in [1.54, 1.807) is 26.0 Å². The second-order valence-corrected chi connectivity index (χ2v) is 5.81. The monoisotopic (exact) mass is 314 g/mol. The zero-order valence-electron chi connectivity index (χ0n) is 14.5. The molecule has 1 saturated carbocycles. The van der Waals surface area contributed by atoms with E-state index in [1.165, 1.54) is 32.7 Å². The Morgan fingerprint density at radius 1 is 1.23 bits per heavy atom. The molecule has 0 heterocycles. The summed E-state index contributed by atoms with van der Waals surface area (Å²) in [5, 5.41) is 5.62. The molecular weight excluding hydrogens is 284 g/mol. The maximum Gasteiger partial charge on any atom is 0.434 e. The number of aliphatic imine (C=N–C) groups is 1. The second kappa shape index (κ2) is 10.9. The fourth-order valence-electron chi connectivity index (χ4n) is 2.41. The highest BCUT2D eigenvalue weighted by Crippen LogP contribution is 2.28. The van der Waals surface area contributed by atoms with Crippen molar-refractivity contribution in [3.63, 3.8) is 0 Å². The van der Waals surface area contributed by atoms with Crippen LogP contribution in [0.1, 0.15) is 33.1 Å². The first-order valence-corrected chi connectivity index (χ1v) is 7.58. The average molecular weight is 314 g/mol. The van der Waals surface area contributed by atoms with E-state index in [0.29, 0.717) is 17.9 Å². The maximum absolute atomic E-state index is 11.1. The Hall–Kier alpha value is -1.79. The van der Waals surface area contributed by atoms with Crippen molar-refractivity contribution in [2.75, 3.05) is 28.3 Å².